The highest BCUT2D eigenvalue weighted by molar-refractivity contribution is 8.00. The Morgan fingerprint density at radius 2 is 1.38 bits per heavy atom. The van der Waals surface area contributed by atoms with Crippen molar-refractivity contribution in [2.45, 2.75) is 94.4 Å². The summed E-state index contributed by atoms with van der Waals surface area (Å²) in [5, 5.41) is 51.3. The Morgan fingerprint density at radius 1 is 0.786 bits per heavy atom. The van der Waals surface area contributed by atoms with E-state index in [0.717, 1.165) is 0 Å². The second-order valence-electron chi connectivity index (χ2n) is 12.2. The fraction of sp³-hybridized carbons (Fsp3) is 0.417. The molecule has 5 unspecified atom stereocenters. The summed E-state index contributed by atoms with van der Waals surface area (Å²) < 4.78 is 5.05. The number of amides is 5. The van der Waals surface area contributed by atoms with Crippen molar-refractivity contribution in [2.75, 3.05) is 10.6 Å². The predicted molar refractivity (Wildman–Crippen MR) is 201 cm³/mol. The lowest BCUT2D eigenvalue weighted by Gasteiger charge is -2.27. The number of nitrogens with one attached hydrogen (secondary N) is 6. The van der Waals surface area contributed by atoms with Crippen LogP contribution in [0.15, 0.2) is 53.4 Å². The maximum atomic E-state index is 13.5. The quantitative estimate of drug-likeness (QED) is 0.0984. The van der Waals surface area contributed by atoms with Crippen LogP contribution in [-0.4, -0.2) is 92.5 Å². The largest absolute Gasteiger partial charge is 0.481 e. The molecule has 19 nitrogen and oxygen atoms in total. The van der Waals surface area contributed by atoms with Gasteiger partial charge in [-0.05, 0) is 36.1 Å². The lowest BCUT2D eigenvalue weighted by molar-refractivity contribution is -0.141. The van der Waals surface area contributed by atoms with Crippen molar-refractivity contribution in [3.05, 3.63) is 54.1 Å². The first-order valence-electron chi connectivity index (χ1n) is 17.4. The third-order valence-electron chi connectivity index (χ3n) is 7.64. The Balaban J connectivity index is 0.00000532. The molecule has 9 N–H and O–H groups in total. The van der Waals surface area contributed by atoms with Gasteiger partial charge in [0.25, 0.3) is 0 Å². The molecule has 0 bridgehead atoms. The van der Waals surface area contributed by atoms with E-state index in [2.05, 4.69) is 38.0 Å². The smallest absolute Gasteiger partial charge is 0.408 e. The Morgan fingerprint density at radius 3 is 1.95 bits per heavy atom. The molecule has 5 atom stereocenters. The van der Waals surface area contributed by atoms with Crippen LogP contribution in [0.3, 0.4) is 0 Å². The van der Waals surface area contributed by atoms with E-state index in [-0.39, 0.29) is 12.3 Å². The number of ether oxygens (including phenoxy) is 1. The van der Waals surface area contributed by atoms with Gasteiger partial charge in [0, 0.05) is 22.7 Å². The number of rotatable bonds is 19. The molecule has 2 aromatic carbocycles. The Hall–Kier alpha value is -6.36. The summed E-state index contributed by atoms with van der Waals surface area (Å²) in [5.74, 6) is -9.12. The van der Waals surface area contributed by atoms with Gasteiger partial charge in [0.1, 0.15) is 30.8 Å². The minimum atomic E-state index is -1.77. The molecule has 2 aromatic rings. The van der Waals surface area contributed by atoms with Crippen LogP contribution in [-0.2, 0) is 44.9 Å². The summed E-state index contributed by atoms with van der Waals surface area (Å²) in [4.78, 5) is 101. The molecule has 1 aliphatic heterocycles. The molecular weight excluding hydrogens is 754 g/mol. The van der Waals surface area contributed by atoms with Crippen LogP contribution in [0.4, 0.5) is 16.2 Å². The van der Waals surface area contributed by atoms with E-state index in [4.69, 9.17) is 4.74 Å². The Labute approximate surface area is 326 Å². The average molecular weight is 800 g/mol. The van der Waals surface area contributed by atoms with E-state index < -0.39 is 109 Å². The number of hydrogen-bond donors (Lipinski definition) is 9. The third kappa shape index (κ3) is 15.2. The molecule has 0 saturated heterocycles. The molecule has 0 aliphatic carbocycles. The van der Waals surface area contributed by atoms with Gasteiger partial charge in [0.2, 0.25) is 23.6 Å². The molecule has 56 heavy (non-hydrogen) atoms. The van der Waals surface area contributed by atoms with Crippen molar-refractivity contribution in [1.29, 1.82) is 5.26 Å². The second kappa shape index (κ2) is 22.8. The fourth-order valence-electron chi connectivity index (χ4n) is 4.94. The summed E-state index contributed by atoms with van der Waals surface area (Å²) in [6.45, 7) is 6.82. The molecule has 0 aromatic heterocycles. The molecule has 0 fully saturated rings. The minimum absolute atomic E-state index is 0.208. The second-order valence-corrected chi connectivity index (χ2v) is 13.4. The van der Waals surface area contributed by atoms with Crippen molar-refractivity contribution in [3.8, 4) is 6.07 Å². The van der Waals surface area contributed by atoms with Gasteiger partial charge in [-0.25, -0.2) is 4.79 Å². The van der Waals surface area contributed by atoms with Crippen molar-refractivity contribution in [2.24, 2.45) is 5.92 Å². The molecule has 20 heteroatoms. The summed E-state index contributed by atoms with van der Waals surface area (Å²) in [6, 6.07) is 8.68. The lowest BCUT2D eigenvalue weighted by atomic mass is 10.0. The Bertz CT molecular complexity index is 1790. The fourth-order valence-corrected chi connectivity index (χ4v) is 5.88. The first-order chi connectivity index (χ1) is 26.6. The van der Waals surface area contributed by atoms with Gasteiger partial charge in [-0.2, -0.15) is 5.26 Å². The zero-order chi connectivity index (χ0) is 41.9. The highest BCUT2D eigenvalue weighted by Crippen LogP contribution is 2.39. The Kier molecular flexibility index (Phi) is 18.6. The van der Waals surface area contributed by atoms with Crippen LogP contribution in [0.1, 0.15) is 58.9 Å². The topological polar surface area (TPSA) is 302 Å². The standard InChI is InChI=1S/C34H39N7O12S.C2H6/c1-17(2)29(33(51)39-22(13-27(44)45)31(49)36-19-8-9-20-24(12-19)54-25(15-35)37-20)41-30(48)21(10-11-26(42)43)38-32(50)23(14-28(46)47)40-34(52)53-16-18-6-4-3-5-7-18;1-2/h3-9,12,17,21-23,25,29,37H,10-11,13-14,16H2,1-2H3,(H,36,49)(H,38,50)(H,39,51)(H,40,52)(H,41,48)(H,42,43)(H,44,45)(H,46,47);1-2H3. The maximum Gasteiger partial charge on any atom is 0.408 e. The molecule has 3 rings (SSSR count). The highest BCUT2D eigenvalue weighted by Gasteiger charge is 2.34. The number of anilines is 2. The number of benzene rings is 2. The van der Waals surface area contributed by atoms with Crippen LogP contribution in [0.25, 0.3) is 0 Å². The van der Waals surface area contributed by atoms with Crippen LogP contribution >= 0.6 is 11.8 Å². The van der Waals surface area contributed by atoms with Gasteiger partial charge in [0.05, 0.1) is 18.9 Å². The van der Waals surface area contributed by atoms with Gasteiger partial charge >= 0.3 is 24.0 Å². The van der Waals surface area contributed by atoms with Crippen molar-refractivity contribution < 1.29 is 58.4 Å². The zero-order valence-electron chi connectivity index (χ0n) is 31.0. The summed E-state index contributed by atoms with van der Waals surface area (Å²) in [5.41, 5.74) is 1.51. The van der Waals surface area contributed by atoms with Gasteiger partial charge < -0.3 is 52.0 Å². The molecule has 1 heterocycles. The summed E-state index contributed by atoms with van der Waals surface area (Å²) in [7, 11) is 0. The number of carboxylic acids is 3. The van der Waals surface area contributed by atoms with Gasteiger partial charge in [-0.1, -0.05) is 69.8 Å². The number of fused-ring (bicyclic) bond motifs is 1. The van der Waals surface area contributed by atoms with Crippen LogP contribution < -0.4 is 31.9 Å². The van der Waals surface area contributed by atoms with Crippen molar-refractivity contribution >= 4 is 70.8 Å². The highest BCUT2D eigenvalue weighted by atomic mass is 32.2. The number of aliphatic carboxylic acids is 3. The molecular formula is C36H45N7O12S. The molecule has 0 radical (unpaired) electrons. The van der Waals surface area contributed by atoms with E-state index in [1.165, 1.54) is 31.7 Å². The van der Waals surface area contributed by atoms with Crippen LogP contribution in [0.5, 0.6) is 0 Å². The first kappa shape index (κ1) is 45.8. The molecule has 302 valence electrons. The van der Waals surface area contributed by atoms with Crippen molar-refractivity contribution in [3.63, 3.8) is 0 Å². The normalized spacial score (nSPS) is 14.6. The van der Waals surface area contributed by atoms with Gasteiger partial charge in [-0.15, -0.1) is 0 Å². The lowest BCUT2D eigenvalue weighted by Crippen LogP contribution is -2.59. The number of nitrogens with zero attached hydrogens (tertiary/aromatic N) is 1. The third-order valence-corrected chi connectivity index (χ3v) is 8.69. The number of thioether (sulfide) groups is 1. The SMILES string of the molecule is CC.CC(C)C(NC(=O)C(CCC(=O)O)NC(=O)C(CC(=O)O)NC(=O)OCc1ccccc1)C(=O)NC(CC(=O)O)C(=O)Nc1ccc2c(c1)SC(C#N)N2. The first-order valence-corrected chi connectivity index (χ1v) is 18.3. The van der Waals surface area contributed by atoms with Gasteiger partial charge in [0.15, 0.2) is 5.37 Å². The van der Waals surface area contributed by atoms with Crippen LogP contribution in [0.2, 0.25) is 0 Å². The molecule has 1 aliphatic rings. The number of carboxylic acid groups (broad SMARTS) is 3. The number of carbonyl (C=O) groups excluding carboxylic acids is 5. The maximum absolute atomic E-state index is 13.5. The molecule has 0 spiro atoms. The number of hydrogen-bond acceptors (Lipinski definition) is 12. The molecule has 0 saturated carbocycles. The number of nitriles is 1. The monoisotopic (exact) mass is 799 g/mol. The van der Waals surface area contributed by atoms with E-state index in [9.17, 15) is 58.9 Å². The van der Waals surface area contributed by atoms with E-state index >= 15 is 0 Å². The van der Waals surface area contributed by atoms with E-state index in [1.807, 2.05) is 13.8 Å². The summed E-state index contributed by atoms with van der Waals surface area (Å²) >= 11 is 1.20. The van der Waals surface area contributed by atoms with E-state index in [0.29, 0.717) is 16.1 Å². The zero-order valence-corrected chi connectivity index (χ0v) is 31.8. The summed E-state index contributed by atoms with van der Waals surface area (Å²) in [6.07, 6.45) is -4.11. The number of carbonyl (C=O) groups is 8. The average Bonchev–Trinajstić information content (AvgIpc) is 3.57. The van der Waals surface area contributed by atoms with Gasteiger partial charge in [-0.3, -0.25) is 33.6 Å². The predicted octanol–water partition coefficient (Wildman–Crippen LogP) is 2.24. The van der Waals surface area contributed by atoms with Crippen molar-refractivity contribution in [1.82, 2.24) is 21.3 Å². The van der Waals surface area contributed by atoms with Crippen LogP contribution in [0, 0.1) is 17.2 Å². The number of alkyl carbamates (subject to hydrolysis) is 1. The minimum Gasteiger partial charge on any atom is -0.481 e. The van der Waals surface area contributed by atoms with E-state index in [1.54, 1.807) is 42.5 Å². The molecule has 5 amide bonds.